The normalized spacial score (nSPS) is 10.3. The molecule has 0 radical (unpaired) electrons. The van der Waals surface area contributed by atoms with Crippen LogP contribution in [0.2, 0.25) is 0 Å². The molecule has 0 bridgehead atoms. The van der Waals surface area contributed by atoms with Gasteiger partial charge in [0.25, 0.3) is 0 Å². The Morgan fingerprint density at radius 2 is 2.46 bits per heavy atom. The minimum atomic E-state index is -0.814. The number of carbonyl (C=O) groups is 1. The van der Waals surface area contributed by atoms with Crippen molar-refractivity contribution in [3.05, 3.63) is 11.9 Å². The summed E-state index contributed by atoms with van der Waals surface area (Å²) in [7, 11) is 1.90. The third-order valence-corrected chi connectivity index (χ3v) is 2.76. The number of aromatic nitrogens is 2. The van der Waals surface area contributed by atoms with Crippen LogP contribution in [0.25, 0.3) is 0 Å². The first kappa shape index (κ1) is 10.1. The Kier molecular flexibility index (Phi) is 3.36. The van der Waals surface area contributed by atoms with E-state index in [1.807, 2.05) is 18.5 Å². The molecule has 0 spiro atoms. The molecule has 0 amide bonds. The van der Waals surface area contributed by atoms with Gasteiger partial charge in [-0.1, -0.05) is 18.7 Å². The van der Waals surface area contributed by atoms with Crippen molar-refractivity contribution in [3.8, 4) is 0 Å². The fourth-order valence-corrected chi connectivity index (χ4v) is 1.71. The number of hydrogen-bond acceptors (Lipinski definition) is 3. The Morgan fingerprint density at radius 3 is 2.92 bits per heavy atom. The fraction of sp³-hybridized carbons (Fsp3) is 0.500. The molecule has 0 aliphatic heterocycles. The van der Waals surface area contributed by atoms with E-state index >= 15 is 0 Å². The molecule has 0 fully saturated rings. The van der Waals surface area contributed by atoms with E-state index in [2.05, 4.69) is 4.98 Å². The van der Waals surface area contributed by atoms with Gasteiger partial charge in [0.2, 0.25) is 0 Å². The van der Waals surface area contributed by atoms with Gasteiger partial charge >= 0.3 is 5.97 Å². The summed E-state index contributed by atoms with van der Waals surface area (Å²) < 4.78 is 1.92. The molecule has 0 atom stereocenters. The fourth-order valence-electron chi connectivity index (χ4n) is 1.01. The van der Waals surface area contributed by atoms with Crippen molar-refractivity contribution in [1.29, 1.82) is 0 Å². The van der Waals surface area contributed by atoms with Gasteiger partial charge in [-0.15, -0.1) is 0 Å². The van der Waals surface area contributed by atoms with Crippen LogP contribution in [0.15, 0.2) is 11.4 Å². The third kappa shape index (κ3) is 2.48. The number of thioether (sulfide) groups is 1. The molecule has 1 rings (SSSR count). The lowest BCUT2D eigenvalue weighted by atomic mass is 10.4. The Labute approximate surface area is 81.0 Å². The number of aliphatic carboxylic acids is 1. The number of hydrogen-bond donors (Lipinski definition) is 1. The minimum absolute atomic E-state index is 0.0635. The number of aryl methyl sites for hydroxylation is 1. The molecule has 72 valence electrons. The van der Waals surface area contributed by atoms with Crippen molar-refractivity contribution in [3.63, 3.8) is 0 Å². The molecule has 0 saturated heterocycles. The second-order valence-corrected chi connectivity index (χ2v) is 3.57. The molecular formula is C8H12N2O2S. The molecule has 0 aromatic carbocycles. The highest BCUT2D eigenvalue weighted by molar-refractivity contribution is 7.99. The van der Waals surface area contributed by atoms with Crippen LogP contribution in [-0.2, 0) is 18.3 Å². The van der Waals surface area contributed by atoms with Gasteiger partial charge in [-0.3, -0.25) is 4.79 Å². The van der Waals surface area contributed by atoms with Crippen molar-refractivity contribution in [2.75, 3.05) is 5.75 Å². The van der Waals surface area contributed by atoms with Gasteiger partial charge in [0.1, 0.15) is 0 Å². The number of imidazole rings is 1. The van der Waals surface area contributed by atoms with Gasteiger partial charge in [-0.25, -0.2) is 4.98 Å². The summed E-state index contributed by atoms with van der Waals surface area (Å²) in [6, 6.07) is 0. The Balaban J connectivity index is 2.67. The van der Waals surface area contributed by atoms with Gasteiger partial charge in [0.15, 0.2) is 5.16 Å². The Hall–Kier alpha value is -0.970. The second-order valence-electron chi connectivity index (χ2n) is 2.63. The van der Waals surface area contributed by atoms with Crippen LogP contribution >= 0.6 is 11.8 Å². The van der Waals surface area contributed by atoms with Gasteiger partial charge in [0.05, 0.1) is 5.75 Å². The van der Waals surface area contributed by atoms with Crippen LogP contribution in [0, 0.1) is 0 Å². The minimum Gasteiger partial charge on any atom is -0.481 e. The van der Waals surface area contributed by atoms with Gasteiger partial charge in [-0.2, -0.15) is 0 Å². The van der Waals surface area contributed by atoms with Crippen LogP contribution in [-0.4, -0.2) is 26.4 Å². The first-order chi connectivity index (χ1) is 6.15. The summed E-state index contributed by atoms with van der Waals surface area (Å²) in [5.74, 6) is -0.750. The van der Waals surface area contributed by atoms with Crippen LogP contribution in [0.1, 0.15) is 12.6 Å². The monoisotopic (exact) mass is 200 g/mol. The first-order valence-electron chi connectivity index (χ1n) is 4.00. The first-order valence-corrected chi connectivity index (χ1v) is 4.99. The molecule has 0 unspecified atom stereocenters. The lowest BCUT2D eigenvalue weighted by molar-refractivity contribution is -0.133. The van der Waals surface area contributed by atoms with Gasteiger partial charge in [-0.05, 0) is 6.42 Å². The number of nitrogens with zero attached hydrogens (tertiary/aromatic N) is 2. The lowest BCUT2D eigenvalue weighted by Crippen LogP contribution is -2.01. The van der Waals surface area contributed by atoms with E-state index < -0.39 is 5.97 Å². The van der Waals surface area contributed by atoms with Crippen LogP contribution in [0.4, 0.5) is 0 Å². The maximum atomic E-state index is 10.3. The van der Waals surface area contributed by atoms with E-state index in [0.717, 1.165) is 17.3 Å². The van der Waals surface area contributed by atoms with E-state index in [-0.39, 0.29) is 5.75 Å². The predicted molar refractivity (Wildman–Crippen MR) is 50.9 cm³/mol. The molecule has 5 heteroatoms. The highest BCUT2D eigenvalue weighted by Gasteiger charge is 2.07. The van der Waals surface area contributed by atoms with Gasteiger partial charge in [0, 0.05) is 18.9 Å². The van der Waals surface area contributed by atoms with E-state index in [4.69, 9.17) is 5.11 Å². The number of rotatable bonds is 4. The average Bonchev–Trinajstić information content (AvgIpc) is 2.43. The van der Waals surface area contributed by atoms with E-state index in [1.165, 1.54) is 11.8 Å². The van der Waals surface area contributed by atoms with E-state index in [0.29, 0.717) is 0 Å². The lowest BCUT2D eigenvalue weighted by Gasteiger charge is -2.01. The zero-order valence-electron chi connectivity index (χ0n) is 7.65. The zero-order valence-corrected chi connectivity index (χ0v) is 8.47. The molecule has 0 saturated carbocycles. The topological polar surface area (TPSA) is 55.1 Å². The Bertz CT molecular complexity index is 309. The molecule has 0 aliphatic rings. The summed E-state index contributed by atoms with van der Waals surface area (Å²) in [4.78, 5) is 14.4. The van der Waals surface area contributed by atoms with Crippen molar-refractivity contribution in [2.45, 2.75) is 18.5 Å². The van der Waals surface area contributed by atoms with Crippen molar-refractivity contribution in [2.24, 2.45) is 7.05 Å². The molecule has 1 heterocycles. The Morgan fingerprint density at radius 1 is 1.77 bits per heavy atom. The summed E-state index contributed by atoms with van der Waals surface area (Å²) >= 11 is 1.24. The highest BCUT2D eigenvalue weighted by Crippen LogP contribution is 2.16. The molecule has 0 aliphatic carbocycles. The standard InChI is InChI=1S/C8H12N2O2S/c1-3-6-4-9-8(10(6)2)13-5-7(11)12/h4H,3,5H2,1-2H3,(H,11,12). The molecule has 1 aromatic heterocycles. The average molecular weight is 200 g/mol. The SMILES string of the molecule is CCc1cnc(SCC(=O)O)n1C. The maximum absolute atomic E-state index is 10.3. The second kappa shape index (κ2) is 4.32. The third-order valence-electron chi connectivity index (χ3n) is 1.73. The zero-order chi connectivity index (χ0) is 9.84. The highest BCUT2D eigenvalue weighted by atomic mass is 32.2. The maximum Gasteiger partial charge on any atom is 0.313 e. The van der Waals surface area contributed by atoms with E-state index in [9.17, 15) is 4.79 Å². The van der Waals surface area contributed by atoms with E-state index in [1.54, 1.807) is 6.20 Å². The molecular weight excluding hydrogens is 188 g/mol. The van der Waals surface area contributed by atoms with Crippen molar-refractivity contribution < 1.29 is 9.90 Å². The van der Waals surface area contributed by atoms with Crippen molar-refractivity contribution >= 4 is 17.7 Å². The quantitative estimate of drug-likeness (QED) is 0.741. The summed E-state index contributed by atoms with van der Waals surface area (Å²) in [6.07, 6.45) is 2.70. The molecule has 13 heavy (non-hydrogen) atoms. The molecule has 4 nitrogen and oxygen atoms in total. The largest absolute Gasteiger partial charge is 0.481 e. The van der Waals surface area contributed by atoms with Gasteiger partial charge < -0.3 is 9.67 Å². The summed E-state index contributed by atoms with van der Waals surface area (Å²) in [5.41, 5.74) is 1.12. The molecule has 1 aromatic rings. The van der Waals surface area contributed by atoms with Crippen LogP contribution in [0.5, 0.6) is 0 Å². The summed E-state index contributed by atoms with van der Waals surface area (Å²) in [6.45, 7) is 2.04. The molecule has 1 N–H and O–H groups in total. The number of carboxylic acids is 1. The summed E-state index contributed by atoms with van der Waals surface area (Å²) in [5, 5.41) is 9.24. The van der Waals surface area contributed by atoms with Crippen LogP contribution in [0.3, 0.4) is 0 Å². The smallest absolute Gasteiger partial charge is 0.313 e. The van der Waals surface area contributed by atoms with Crippen LogP contribution < -0.4 is 0 Å². The number of carboxylic acid groups (broad SMARTS) is 1. The predicted octanol–water partition coefficient (Wildman–Crippen LogP) is 1.16. The van der Waals surface area contributed by atoms with Crippen molar-refractivity contribution in [1.82, 2.24) is 9.55 Å².